The average molecular weight is 926 g/mol. The fourth-order valence-corrected chi connectivity index (χ4v) is 8.75. The number of hydrogen-bond acceptors (Lipinski definition) is 20. The van der Waals surface area contributed by atoms with Gasteiger partial charge in [-0.3, -0.25) is 38.3 Å². The van der Waals surface area contributed by atoms with Gasteiger partial charge in [-0.05, 0) is 23.9 Å². The number of aromatic nitrogens is 10. The number of carbonyl (C=O) groups excluding carboxylic acids is 2. The van der Waals surface area contributed by atoms with E-state index in [0.717, 1.165) is 15.7 Å². The normalized spacial score (nSPS) is 25.2. The molecule has 0 spiro atoms. The van der Waals surface area contributed by atoms with Crippen molar-refractivity contribution in [3.8, 4) is 6.07 Å². The van der Waals surface area contributed by atoms with Crippen LogP contribution < -0.4 is 16.2 Å². The third kappa shape index (κ3) is 9.43. The summed E-state index contributed by atoms with van der Waals surface area (Å²) in [5.41, 5.74) is -1.33. The number of H-pyrrole nitrogens is 1. The molecule has 0 radical (unpaired) electrons. The number of aliphatic hydroxyl groups excluding tert-OH is 1. The molecule has 5 aromatic rings. The van der Waals surface area contributed by atoms with E-state index in [9.17, 15) is 34.2 Å². The molecule has 0 saturated carbocycles. The summed E-state index contributed by atoms with van der Waals surface area (Å²) in [5, 5.41) is 40.0. The molecule has 62 heavy (non-hydrogen) atoms. The number of nitrogens with zero attached hydrogens (tertiary/aromatic N) is 10. The largest absolute Gasteiger partial charge is 0.394 e. The lowest BCUT2D eigenvalue weighted by Crippen LogP contribution is -2.34. The van der Waals surface area contributed by atoms with Crippen molar-refractivity contribution in [2.45, 2.75) is 69.5 Å². The summed E-state index contributed by atoms with van der Waals surface area (Å²) in [6, 6.07) is 10.0. The summed E-state index contributed by atoms with van der Waals surface area (Å²) < 4.78 is 80.3. The van der Waals surface area contributed by atoms with E-state index in [1.165, 1.54) is 0 Å². The van der Waals surface area contributed by atoms with Gasteiger partial charge in [-0.25, -0.2) is 18.7 Å². The van der Waals surface area contributed by atoms with E-state index in [4.69, 9.17) is 39.4 Å². The highest BCUT2D eigenvalue weighted by Gasteiger charge is 2.53. The molecule has 0 aliphatic carbocycles. The molecule has 2 aliphatic heterocycles. The lowest BCUT2D eigenvalue weighted by atomic mass is 10.1. The highest BCUT2D eigenvalue weighted by Crippen LogP contribution is 2.55. The van der Waals surface area contributed by atoms with Crippen LogP contribution in [0.25, 0.3) is 22.3 Å². The number of benzene rings is 1. The lowest BCUT2D eigenvalue weighted by Gasteiger charge is -2.28. The minimum absolute atomic E-state index is 0.0324. The first-order valence-electron chi connectivity index (χ1n) is 18.3. The second kappa shape index (κ2) is 19.1. The van der Waals surface area contributed by atoms with Crippen LogP contribution in [0.5, 0.6) is 0 Å². The zero-order chi connectivity index (χ0) is 44.3. The molecule has 2 fully saturated rings. The van der Waals surface area contributed by atoms with E-state index in [1.807, 2.05) is 6.07 Å². The van der Waals surface area contributed by atoms with Crippen LogP contribution in [0.2, 0.25) is 0 Å². The van der Waals surface area contributed by atoms with Gasteiger partial charge in [-0.1, -0.05) is 42.5 Å². The number of hydrogen-bond donors (Lipinski definition) is 5. The van der Waals surface area contributed by atoms with Crippen LogP contribution in [0.3, 0.4) is 0 Å². The van der Waals surface area contributed by atoms with Crippen molar-refractivity contribution in [3.05, 3.63) is 52.6 Å². The van der Waals surface area contributed by atoms with Gasteiger partial charge < -0.3 is 33.8 Å². The molecule has 2 unspecified atom stereocenters. The molecule has 4 aromatic heterocycles. The maximum absolute atomic E-state index is 16.5. The number of carbonyl (C=O) groups is 2. The standard InChI is InChI=1S/C32H35F2N13O12P2S/c1-14(2)27(49)40-32-39-26-21(29(51)41-32)43-45-47(26)31-23(58-60(52)53)18(33)17(57-31)12-55-61(62,54-10-6-9-35)59-22-16(11-48)56-30(19(22)34)46-25-20(42-44-46)24(36-13-37-25)38-28(50)15-7-4-3-5-8-15/h3-5,7-8,13-14,16-19,22-23,30-31,48,60H,6,10-12H2,1-2H3,(H,52,53)(H,36,37,38,50)(H2,39,40,41,49,51)/t16-,17-,18-,19+,22-,23+,30-,31-,61?/m1/s1. The number of aromatic amines is 1. The zero-order valence-corrected chi connectivity index (χ0v) is 34.8. The maximum Gasteiger partial charge on any atom is 0.327 e. The summed E-state index contributed by atoms with van der Waals surface area (Å²) in [4.78, 5) is 62.3. The van der Waals surface area contributed by atoms with E-state index in [1.54, 1.807) is 44.2 Å². The predicted octanol–water partition coefficient (Wildman–Crippen LogP) is 1.38. The van der Waals surface area contributed by atoms with Gasteiger partial charge in [0.25, 0.3) is 11.5 Å². The van der Waals surface area contributed by atoms with Crippen molar-refractivity contribution in [1.82, 2.24) is 49.9 Å². The number of nitrogens with one attached hydrogen (secondary N) is 3. The van der Waals surface area contributed by atoms with E-state index in [2.05, 4.69) is 51.2 Å². The first-order chi connectivity index (χ1) is 29.7. The van der Waals surface area contributed by atoms with Crippen molar-refractivity contribution in [2.24, 2.45) is 5.92 Å². The van der Waals surface area contributed by atoms with Crippen molar-refractivity contribution >= 4 is 72.7 Å². The molecule has 2 aliphatic rings. The van der Waals surface area contributed by atoms with Gasteiger partial charge in [-0.2, -0.15) is 19.6 Å². The zero-order valence-electron chi connectivity index (χ0n) is 32.0. The average Bonchev–Trinajstić information content (AvgIpc) is 4.02. The van der Waals surface area contributed by atoms with Gasteiger partial charge in [-0.15, -0.1) is 10.2 Å². The van der Waals surface area contributed by atoms with Gasteiger partial charge in [0.1, 0.15) is 30.7 Å². The Balaban J connectivity index is 1.11. The second-order valence-electron chi connectivity index (χ2n) is 13.6. The number of alkyl halides is 2. The van der Waals surface area contributed by atoms with E-state index >= 15 is 8.78 Å². The minimum Gasteiger partial charge on any atom is -0.394 e. The highest BCUT2D eigenvalue weighted by molar-refractivity contribution is 8.07. The fraction of sp³-hybridized carbons (Fsp3) is 0.469. The molecule has 5 N–H and O–H groups in total. The van der Waals surface area contributed by atoms with E-state index < -0.39 is 107 Å². The molecule has 25 nitrogen and oxygen atoms in total. The number of nitriles is 1. The topological polar surface area (TPSA) is 328 Å². The Morgan fingerprint density at radius 2 is 1.74 bits per heavy atom. The summed E-state index contributed by atoms with van der Waals surface area (Å²) in [6.45, 7) is -3.16. The highest BCUT2D eigenvalue weighted by atomic mass is 32.5. The molecule has 2 amide bonds. The first kappa shape index (κ1) is 44.9. The molecule has 6 heterocycles. The Kier molecular flexibility index (Phi) is 13.8. The SMILES string of the molecule is CC(C)C(=O)Nc1nc2c(nnn2[C@@H]2O[C@H](COP(=S)(OCCC#N)O[C@H]3[C@H](F)[C@H](n4nnc5c(NC(=O)c6ccccc6)ncnc54)O[C@@H]3CO)[C@@H](F)[C@@H]2O[PH](=O)O)c(=O)[nH]1. The van der Waals surface area contributed by atoms with Crippen LogP contribution in [0.4, 0.5) is 20.5 Å². The Labute approximate surface area is 352 Å². The van der Waals surface area contributed by atoms with Crippen LogP contribution in [0.15, 0.2) is 41.5 Å². The van der Waals surface area contributed by atoms with E-state index in [-0.39, 0.29) is 40.5 Å². The number of halogens is 2. The number of ether oxygens (including phenoxy) is 2. The Morgan fingerprint density at radius 3 is 2.44 bits per heavy atom. The van der Waals surface area contributed by atoms with Gasteiger partial charge >= 0.3 is 15.0 Å². The molecular weight excluding hydrogens is 890 g/mol. The van der Waals surface area contributed by atoms with Gasteiger partial charge in [0, 0.05) is 11.5 Å². The quantitative estimate of drug-likeness (QED) is 0.0650. The van der Waals surface area contributed by atoms with Gasteiger partial charge in [0.15, 0.2) is 52.9 Å². The van der Waals surface area contributed by atoms with Crippen LogP contribution in [0, 0.1) is 17.2 Å². The van der Waals surface area contributed by atoms with E-state index in [0.29, 0.717) is 5.56 Å². The van der Waals surface area contributed by atoms with Gasteiger partial charge in [0.05, 0.1) is 32.3 Å². The molecule has 10 atom stereocenters. The number of anilines is 2. The monoisotopic (exact) mass is 925 g/mol. The third-order valence-corrected chi connectivity index (χ3v) is 12.0. The molecule has 330 valence electrons. The number of aliphatic hydroxyl groups is 1. The molecular formula is C32H35F2N13O12P2S. The van der Waals surface area contributed by atoms with Crippen LogP contribution in [-0.2, 0) is 48.7 Å². The molecule has 30 heteroatoms. The van der Waals surface area contributed by atoms with Gasteiger partial charge in [0.2, 0.25) is 11.9 Å². The maximum atomic E-state index is 16.5. The second-order valence-corrected chi connectivity index (χ2v) is 17.3. The smallest absolute Gasteiger partial charge is 0.327 e. The lowest BCUT2D eigenvalue weighted by molar-refractivity contribution is -0.118. The van der Waals surface area contributed by atoms with Crippen molar-refractivity contribution in [3.63, 3.8) is 0 Å². The Bertz CT molecular complexity index is 2620. The molecule has 2 saturated heterocycles. The van der Waals surface area contributed by atoms with Crippen LogP contribution in [0.1, 0.15) is 43.1 Å². The van der Waals surface area contributed by atoms with Crippen LogP contribution >= 0.6 is 15.0 Å². The fourth-order valence-electron chi connectivity index (χ4n) is 6.18. The minimum atomic E-state index is -4.26. The third-order valence-electron chi connectivity index (χ3n) is 9.17. The summed E-state index contributed by atoms with van der Waals surface area (Å²) in [6.07, 6.45) is -13.9. The van der Waals surface area contributed by atoms with Crippen molar-refractivity contribution < 1.29 is 60.5 Å². The molecule has 7 rings (SSSR count). The first-order valence-corrected chi connectivity index (χ1v) is 22.2. The number of fused-ring (bicyclic) bond motifs is 2. The summed E-state index contributed by atoms with van der Waals surface area (Å²) in [7, 11) is -3.86. The number of amides is 2. The Morgan fingerprint density at radius 1 is 1.03 bits per heavy atom. The number of rotatable bonds is 17. The Hall–Kier alpha value is -5.17. The van der Waals surface area contributed by atoms with Crippen molar-refractivity contribution in [2.75, 3.05) is 30.5 Å². The van der Waals surface area contributed by atoms with Crippen molar-refractivity contribution in [1.29, 1.82) is 5.26 Å². The summed E-state index contributed by atoms with van der Waals surface area (Å²) in [5.74, 6) is -1.90. The predicted molar refractivity (Wildman–Crippen MR) is 209 cm³/mol. The molecule has 1 aromatic carbocycles. The summed E-state index contributed by atoms with van der Waals surface area (Å²) >= 11 is 5.58. The molecule has 0 bridgehead atoms. The van der Waals surface area contributed by atoms with Crippen LogP contribution in [-0.4, -0.2) is 128 Å².